The van der Waals surface area contributed by atoms with Crippen LogP contribution < -0.4 is 0 Å². The summed E-state index contributed by atoms with van der Waals surface area (Å²) in [5, 5.41) is 8.74. The van der Waals surface area contributed by atoms with Gasteiger partial charge in [-0.3, -0.25) is 0 Å². The molecule has 0 aliphatic carbocycles. The maximum absolute atomic E-state index is 8.42. The minimum absolute atomic E-state index is 0.319. The fraction of sp³-hybridized carbons (Fsp3) is 0.200. The van der Waals surface area contributed by atoms with Crippen LogP contribution in [0.5, 0.6) is 0 Å². The van der Waals surface area contributed by atoms with Gasteiger partial charge in [0.2, 0.25) is 0 Å². The van der Waals surface area contributed by atoms with Gasteiger partial charge in [-0.05, 0) is 18.5 Å². The average molecular weight is 159 g/mol. The maximum atomic E-state index is 8.42. The topological polar surface area (TPSA) is 36.7 Å². The third-order valence-corrected chi connectivity index (χ3v) is 2.06. The second-order valence-electron chi connectivity index (χ2n) is 1.52. The van der Waals surface area contributed by atoms with Crippen LogP contribution in [0.25, 0.3) is 0 Å². The SMILES string of the molecule is Cc1snc(Cl)c1C#N. The maximum Gasteiger partial charge on any atom is 0.160 e. The molecule has 0 saturated carbocycles. The molecular weight excluding hydrogens is 156 g/mol. The van der Waals surface area contributed by atoms with Gasteiger partial charge in [0.15, 0.2) is 5.15 Å². The number of rotatable bonds is 0. The lowest BCUT2D eigenvalue weighted by Crippen LogP contribution is -1.70. The molecule has 0 N–H and O–H groups in total. The lowest BCUT2D eigenvalue weighted by atomic mass is 10.3. The fourth-order valence-corrected chi connectivity index (χ4v) is 1.36. The van der Waals surface area contributed by atoms with Crippen LogP contribution in [0.2, 0.25) is 5.15 Å². The second kappa shape index (κ2) is 2.34. The van der Waals surface area contributed by atoms with E-state index in [-0.39, 0.29) is 0 Å². The van der Waals surface area contributed by atoms with Gasteiger partial charge >= 0.3 is 0 Å². The molecule has 2 nitrogen and oxygen atoms in total. The highest BCUT2D eigenvalue weighted by atomic mass is 35.5. The van der Waals surface area contributed by atoms with Crippen molar-refractivity contribution in [3.8, 4) is 6.07 Å². The summed E-state index contributed by atoms with van der Waals surface area (Å²) in [6, 6.07) is 1.96. The molecule has 1 rings (SSSR count). The Morgan fingerprint density at radius 1 is 1.78 bits per heavy atom. The number of hydrogen-bond acceptors (Lipinski definition) is 3. The molecule has 0 bridgehead atoms. The highest BCUT2D eigenvalue weighted by Gasteiger charge is 2.05. The second-order valence-corrected chi connectivity index (χ2v) is 2.85. The molecule has 1 aromatic heterocycles. The van der Waals surface area contributed by atoms with E-state index in [1.807, 2.05) is 13.0 Å². The van der Waals surface area contributed by atoms with E-state index in [0.717, 1.165) is 4.88 Å². The Labute approximate surface area is 61.9 Å². The number of nitrogens with zero attached hydrogens (tertiary/aromatic N) is 2. The summed E-state index contributed by atoms with van der Waals surface area (Å²) >= 11 is 6.77. The van der Waals surface area contributed by atoms with Crippen molar-refractivity contribution in [1.29, 1.82) is 5.26 Å². The zero-order valence-electron chi connectivity index (χ0n) is 4.68. The minimum atomic E-state index is 0.319. The van der Waals surface area contributed by atoms with Gasteiger partial charge in [-0.1, -0.05) is 11.6 Å². The lowest BCUT2D eigenvalue weighted by molar-refractivity contribution is 1.44. The first-order chi connectivity index (χ1) is 4.25. The minimum Gasteiger partial charge on any atom is -0.192 e. The Bertz CT molecular complexity index is 241. The highest BCUT2D eigenvalue weighted by molar-refractivity contribution is 7.06. The van der Waals surface area contributed by atoms with Gasteiger partial charge < -0.3 is 0 Å². The molecule has 0 radical (unpaired) electrons. The van der Waals surface area contributed by atoms with Crippen molar-refractivity contribution in [3.63, 3.8) is 0 Å². The van der Waals surface area contributed by atoms with Crippen molar-refractivity contribution in [2.45, 2.75) is 6.92 Å². The molecule has 0 spiro atoms. The number of halogens is 1. The summed E-state index contributed by atoms with van der Waals surface area (Å²) in [6.07, 6.45) is 0. The van der Waals surface area contributed by atoms with Crippen molar-refractivity contribution in [2.75, 3.05) is 0 Å². The van der Waals surface area contributed by atoms with E-state index in [0.29, 0.717) is 10.7 Å². The van der Waals surface area contributed by atoms with Gasteiger partial charge in [0.25, 0.3) is 0 Å². The molecule has 0 amide bonds. The van der Waals surface area contributed by atoms with Crippen LogP contribution in [0.4, 0.5) is 0 Å². The highest BCUT2D eigenvalue weighted by Crippen LogP contribution is 2.20. The summed E-state index contributed by atoms with van der Waals surface area (Å²) in [6.45, 7) is 1.82. The number of hydrogen-bond donors (Lipinski definition) is 0. The number of aromatic nitrogens is 1. The van der Waals surface area contributed by atoms with Crippen LogP contribution in [0.15, 0.2) is 0 Å². The van der Waals surface area contributed by atoms with Crippen molar-refractivity contribution in [3.05, 3.63) is 15.6 Å². The van der Waals surface area contributed by atoms with Crippen LogP contribution in [-0.2, 0) is 0 Å². The Kier molecular flexibility index (Phi) is 1.70. The van der Waals surface area contributed by atoms with Crippen molar-refractivity contribution < 1.29 is 0 Å². The first kappa shape index (κ1) is 6.53. The molecule has 0 atom stereocenters. The molecule has 1 aromatic rings. The summed E-state index contributed by atoms with van der Waals surface area (Å²) in [5.41, 5.74) is 0.502. The van der Waals surface area contributed by atoms with Crippen molar-refractivity contribution in [2.24, 2.45) is 0 Å². The molecule has 0 fully saturated rings. The largest absolute Gasteiger partial charge is 0.192 e. The van der Waals surface area contributed by atoms with Crippen LogP contribution in [0.3, 0.4) is 0 Å². The van der Waals surface area contributed by atoms with Crippen LogP contribution in [0.1, 0.15) is 10.4 Å². The van der Waals surface area contributed by atoms with Crippen LogP contribution in [0, 0.1) is 18.3 Å². The quantitative estimate of drug-likeness (QED) is 0.579. The normalized spacial score (nSPS) is 9.00. The van der Waals surface area contributed by atoms with E-state index in [4.69, 9.17) is 16.9 Å². The van der Waals surface area contributed by atoms with Crippen LogP contribution >= 0.6 is 23.1 Å². The third kappa shape index (κ3) is 1.04. The fourth-order valence-electron chi connectivity index (χ4n) is 0.470. The molecule has 0 unspecified atom stereocenters. The molecule has 4 heteroatoms. The molecular formula is C5H3ClN2S. The van der Waals surface area contributed by atoms with Gasteiger partial charge in [-0.2, -0.15) is 9.64 Å². The summed E-state index contributed by atoms with van der Waals surface area (Å²) in [7, 11) is 0. The number of nitriles is 1. The number of aryl methyl sites for hydroxylation is 1. The van der Waals surface area contributed by atoms with Gasteiger partial charge in [0.1, 0.15) is 11.6 Å². The van der Waals surface area contributed by atoms with Crippen LogP contribution in [-0.4, -0.2) is 4.37 Å². The van der Waals surface area contributed by atoms with E-state index in [2.05, 4.69) is 4.37 Å². The Morgan fingerprint density at radius 2 is 2.44 bits per heavy atom. The lowest BCUT2D eigenvalue weighted by Gasteiger charge is -1.78. The molecule has 46 valence electrons. The van der Waals surface area contributed by atoms with E-state index in [1.165, 1.54) is 11.5 Å². The Hall–Kier alpha value is -0.590. The van der Waals surface area contributed by atoms with E-state index in [1.54, 1.807) is 0 Å². The first-order valence-electron chi connectivity index (χ1n) is 2.27. The Balaban J connectivity index is 3.27. The van der Waals surface area contributed by atoms with Crippen molar-refractivity contribution in [1.82, 2.24) is 4.37 Å². The zero-order chi connectivity index (χ0) is 6.85. The monoisotopic (exact) mass is 158 g/mol. The molecule has 0 aliphatic heterocycles. The van der Waals surface area contributed by atoms with E-state index >= 15 is 0 Å². The standard InChI is InChI=1S/C5H3ClN2S/c1-3-4(2-7)5(6)8-9-3/h1H3. The van der Waals surface area contributed by atoms with Crippen molar-refractivity contribution >= 4 is 23.1 Å². The summed E-state index contributed by atoms with van der Waals surface area (Å²) < 4.78 is 3.77. The molecule has 1 heterocycles. The van der Waals surface area contributed by atoms with Gasteiger partial charge in [-0.25, -0.2) is 0 Å². The van der Waals surface area contributed by atoms with E-state index in [9.17, 15) is 0 Å². The molecule has 0 aromatic carbocycles. The third-order valence-electron chi connectivity index (χ3n) is 0.933. The van der Waals surface area contributed by atoms with Gasteiger partial charge in [0.05, 0.1) is 0 Å². The Morgan fingerprint density at radius 3 is 2.67 bits per heavy atom. The molecule has 9 heavy (non-hydrogen) atoms. The predicted molar refractivity (Wildman–Crippen MR) is 36.6 cm³/mol. The van der Waals surface area contributed by atoms with E-state index < -0.39 is 0 Å². The van der Waals surface area contributed by atoms with Gasteiger partial charge in [-0.15, -0.1) is 0 Å². The smallest absolute Gasteiger partial charge is 0.160 e. The molecule has 0 aliphatic rings. The zero-order valence-corrected chi connectivity index (χ0v) is 6.25. The summed E-state index contributed by atoms with van der Waals surface area (Å²) in [4.78, 5) is 0.877. The van der Waals surface area contributed by atoms with Gasteiger partial charge in [0, 0.05) is 4.88 Å². The summed E-state index contributed by atoms with van der Waals surface area (Å²) in [5.74, 6) is 0. The average Bonchev–Trinajstić information content (AvgIpc) is 2.12. The molecule has 0 saturated heterocycles. The predicted octanol–water partition coefficient (Wildman–Crippen LogP) is 1.98. The first-order valence-corrected chi connectivity index (χ1v) is 3.42.